The normalized spacial score (nSPS) is 22.6. The summed E-state index contributed by atoms with van der Waals surface area (Å²) >= 11 is 0. The fourth-order valence-corrected chi connectivity index (χ4v) is 2.97. The number of fused-ring (bicyclic) bond motifs is 1. The van der Waals surface area contributed by atoms with Gasteiger partial charge in [0.05, 0.1) is 13.2 Å². The summed E-state index contributed by atoms with van der Waals surface area (Å²) in [4.78, 5) is 16.1. The Hall–Kier alpha value is -2.08. The topological polar surface area (TPSA) is 74.8 Å². The van der Waals surface area contributed by atoms with Crippen molar-refractivity contribution in [2.24, 2.45) is 10.4 Å². The minimum Gasteiger partial charge on any atom is -0.380 e. The van der Waals surface area contributed by atoms with Crippen molar-refractivity contribution in [1.82, 2.24) is 10.6 Å². The maximum atomic E-state index is 11.9. The van der Waals surface area contributed by atoms with Crippen molar-refractivity contribution >= 4 is 17.6 Å². The number of hydrogen-bond acceptors (Lipinski definition) is 3. The molecule has 1 fully saturated rings. The quantitative estimate of drug-likeness (QED) is 0.578. The summed E-state index contributed by atoms with van der Waals surface area (Å²) in [6, 6.07) is 7.97. The van der Waals surface area contributed by atoms with E-state index in [9.17, 15) is 4.79 Å². The molecule has 1 unspecified atom stereocenters. The van der Waals surface area contributed by atoms with Crippen molar-refractivity contribution in [1.29, 1.82) is 0 Å². The van der Waals surface area contributed by atoms with Gasteiger partial charge in [0.25, 0.3) is 0 Å². The van der Waals surface area contributed by atoms with E-state index in [1.807, 2.05) is 18.2 Å². The number of anilines is 1. The summed E-state index contributed by atoms with van der Waals surface area (Å²) < 4.78 is 5.27. The highest BCUT2D eigenvalue weighted by Gasteiger charge is 2.33. The number of hydrogen-bond donors (Lipinski definition) is 3. The summed E-state index contributed by atoms with van der Waals surface area (Å²) in [5.41, 5.74) is 2.28. The molecule has 2 heterocycles. The van der Waals surface area contributed by atoms with Crippen molar-refractivity contribution in [3.63, 3.8) is 0 Å². The van der Waals surface area contributed by atoms with E-state index in [1.165, 1.54) is 5.56 Å². The lowest BCUT2D eigenvalue weighted by atomic mass is 9.89. The third-order valence-electron chi connectivity index (χ3n) is 4.43. The Morgan fingerprint density at radius 1 is 1.39 bits per heavy atom. The van der Waals surface area contributed by atoms with E-state index in [0.717, 1.165) is 31.4 Å². The second-order valence-corrected chi connectivity index (χ2v) is 6.65. The molecule has 0 radical (unpaired) electrons. The van der Waals surface area contributed by atoms with Crippen LogP contribution < -0.4 is 16.0 Å². The lowest BCUT2D eigenvalue weighted by Crippen LogP contribution is -2.51. The predicted octanol–water partition coefficient (Wildman–Crippen LogP) is 1.31. The van der Waals surface area contributed by atoms with Gasteiger partial charge in [-0.25, -0.2) is 0 Å². The Labute approximate surface area is 136 Å². The van der Waals surface area contributed by atoms with Crippen LogP contribution in [0.25, 0.3) is 0 Å². The van der Waals surface area contributed by atoms with Gasteiger partial charge in [0.2, 0.25) is 5.91 Å². The zero-order chi connectivity index (χ0) is 16.3. The molecule has 2 aliphatic heterocycles. The standard InChI is InChI=1S/C17H24N4O2/c1-17(10-23-11-17)9-20-16(18-2)19-8-12-7-15(22)21-14-6-4-3-5-13(12)14/h3-6,12H,7-11H2,1-2H3,(H,21,22)(H2,18,19,20). The van der Waals surface area contributed by atoms with E-state index in [0.29, 0.717) is 13.0 Å². The number of aliphatic imine (C=N–C) groups is 1. The molecule has 1 atom stereocenters. The Kier molecular flexibility index (Phi) is 4.52. The predicted molar refractivity (Wildman–Crippen MR) is 90.7 cm³/mol. The summed E-state index contributed by atoms with van der Waals surface area (Å²) in [6.07, 6.45) is 0.493. The van der Waals surface area contributed by atoms with Crippen LogP contribution in [0.4, 0.5) is 5.69 Å². The van der Waals surface area contributed by atoms with Crippen LogP contribution in [0.2, 0.25) is 0 Å². The number of para-hydroxylation sites is 1. The van der Waals surface area contributed by atoms with Crippen molar-refractivity contribution in [3.05, 3.63) is 29.8 Å². The molecule has 3 N–H and O–H groups in total. The first-order chi connectivity index (χ1) is 11.1. The number of ether oxygens (including phenoxy) is 1. The molecule has 0 bridgehead atoms. The van der Waals surface area contributed by atoms with Crippen molar-refractivity contribution in [2.45, 2.75) is 19.3 Å². The van der Waals surface area contributed by atoms with Gasteiger partial charge < -0.3 is 20.7 Å². The molecule has 6 heteroatoms. The Bertz CT molecular complexity index is 610. The number of guanidine groups is 1. The molecular weight excluding hydrogens is 292 g/mol. The number of amides is 1. The van der Waals surface area contributed by atoms with Gasteiger partial charge in [0.15, 0.2) is 5.96 Å². The minimum atomic E-state index is 0.0672. The largest absolute Gasteiger partial charge is 0.380 e. The number of carbonyl (C=O) groups is 1. The van der Waals surface area contributed by atoms with Gasteiger partial charge in [0, 0.05) is 43.6 Å². The molecule has 124 valence electrons. The first-order valence-electron chi connectivity index (χ1n) is 8.01. The van der Waals surface area contributed by atoms with Crippen LogP contribution in [0.1, 0.15) is 24.8 Å². The first kappa shape index (κ1) is 15.8. The zero-order valence-electron chi connectivity index (χ0n) is 13.7. The molecule has 1 aromatic carbocycles. The monoisotopic (exact) mass is 316 g/mol. The molecule has 2 aliphatic rings. The second-order valence-electron chi connectivity index (χ2n) is 6.65. The van der Waals surface area contributed by atoms with Gasteiger partial charge in [-0.1, -0.05) is 25.1 Å². The van der Waals surface area contributed by atoms with Gasteiger partial charge >= 0.3 is 0 Å². The molecule has 1 saturated heterocycles. The minimum absolute atomic E-state index is 0.0672. The number of rotatable bonds is 4. The summed E-state index contributed by atoms with van der Waals surface area (Å²) in [6.45, 7) is 5.27. The van der Waals surface area contributed by atoms with E-state index >= 15 is 0 Å². The van der Waals surface area contributed by atoms with E-state index < -0.39 is 0 Å². The highest BCUT2D eigenvalue weighted by atomic mass is 16.5. The molecule has 0 spiro atoms. The lowest BCUT2D eigenvalue weighted by molar-refractivity contribution is -0.116. The van der Waals surface area contributed by atoms with Crippen molar-refractivity contribution in [3.8, 4) is 0 Å². The summed E-state index contributed by atoms with van der Waals surface area (Å²) in [7, 11) is 1.76. The number of nitrogens with zero attached hydrogens (tertiary/aromatic N) is 1. The molecular formula is C17H24N4O2. The molecule has 1 aromatic rings. The third-order valence-corrected chi connectivity index (χ3v) is 4.43. The highest BCUT2D eigenvalue weighted by Crippen LogP contribution is 2.31. The average molecular weight is 316 g/mol. The van der Waals surface area contributed by atoms with Crippen LogP contribution in [-0.2, 0) is 9.53 Å². The molecule has 0 saturated carbocycles. The van der Waals surface area contributed by atoms with Gasteiger partial charge in [-0.15, -0.1) is 0 Å². The lowest BCUT2D eigenvalue weighted by Gasteiger charge is -2.38. The Balaban J connectivity index is 1.57. The van der Waals surface area contributed by atoms with E-state index in [4.69, 9.17) is 4.74 Å². The van der Waals surface area contributed by atoms with Gasteiger partial charge in [-0.3, -0.25) is 9.79 Å². The van der Waals surface area contributed by atoms with Gasteiger partial charge in [0.1, 0.15) is 0 Å². The van der Waals surface area contributed by atoms with Gasteiger partial charge in [-0.05, 0) is 11.6 Å². The first-order valence-corrected chi connectivity index (χ1v) is 8.01. The number of benzene rings is 1. The fraction of sp³-hybridized carbons (Fsp3) is 0.529. The van der Waals surface area contributed by atoms with E-state index in [1.54, 1.807) is 7.05 Å². The van der Waals surface area contributed by atoms with Crippen LogP contribution in [0.5, 0.6) is 0 Å². The molecule has 3 rings (SSSR count). The van der Waals surface area contributed by atoms with Crippen LogP contribution in [0.3, 0.4) is 0 Å². The van der Waals surface area contributed by atoms with Crippen LogP contribution in [-0.4, -0.2) is 45.2 Å². The molecule has 0 aliphatic carbocycles. The fourth-order valence-electron chi connectivity index (χ4n) is 2.97. The van der Waals surface area contributed by atoms with Crippen molar-refractivity contribution < 1.29 is 9.53 Å². The molecule has 0 aromatic heterocycles. The SMILES string of the molecule is CN=C(NCC1CC(=O)Nc2ccccc21)NCC1(C)COC1. The van der Waals surface area contributed by atoms with Crippen LogP contribution in [0, 0.1) is 5.41 Å². The maximum absolute atomic E-state index is 11.9. The van der Waals surface area contributed by atoms with E-state index in [2.05, 4.69) is 33.9 Å². The Morgan fingerprint density at radius 2 is 2.17 bits per heavy atom. The smallest absolute Gasteiger partial charge is 0.225 e. The Morgan fingerprint density at radius 3 is 2.87 bits per heavy atom. The van der Waals surface area contributed by atoms with Crippen molar-refractivity contribution in [2.75, 3.05) is 38.7 Å². The number of carbonyl (C=O) groups excluding carboxylic acids is 1. The third kappa shape index (κ3) is 3.64. The van der Waals surface area contributed by atoms with E-state index in [-0.39, 0.29) is 17.2 Å². The zero-order valence-corrected chi connectivity index (χ0v) is 13.7. The number of nitrogens with one attached hydrogen (secondary N) is 3. The summed E-state index contributed by atoms with van der Waals surface area (Å²) in [5.74, 6) is 0.986. The maximum Gasteiger partial charge on any atom is 0.225 e. The molecule has 1 amide bonds. The van der Waals surface area contributed by atoms with Crippen LogP contribution in [0.15, 0.2) is 29.3 Å². The summed E-state index contributed by atoms with van der Waals surface area (Å²) in [5, 5.41) is 9.61. The highest BCUT2D eigenvalue weighted by molar-refractivity contribution is 5.94. The molecule has 23 heavy (non-hydrogen) atoms. The molecule has 6 nitrogen and oxygen atoms in total. The van der Waals surface area contributed by atoms with Gasteiger partial charge in [-0.2, -0.15) is 0 Å². The van der Waals surface area contributed by atoms with Crippen LogP contribution >= 0.6 is 0 Å². The average Bonchev–Trinajstić information content (AvgIpc) is 2.53. The second kappa shape index (κ2) is 6.58.